The molecule has 7 nitrogen and oxygen atoms in total. The van der Waals surface area contributed by atoms with E-state index in [-0.39, 0.29) is 21.5 Å². The van der Waals surface area contributed by atoms with E-state index < -0.39 is 32.0 Å². The van der Waals surface area contributed by atoms with E-state index in [0.717, 1.165) is 18.0 Å². The summed E-state index contributed by atoms with van der Waals surface area (Å²) in [5.74, 6) is -1.29. The third-order valence-corrected chi connectivity index (χ3v) is 7.37. The molecule has 30 heavy (non-hydrogen) atoms. The molecule has 0 spiro atoms. The van der Waals surface area contributed by atoms with Crippen molar-refractivity contribution in [2.24, 2.45) is 0 Å². The maximum absolute atomic E-state index is 13.8. The molecule has 0 bridgehead atoms. The Labute approximate surface area is 191 Å². The van der Waals surface area contributed by atoms with Gasteiger partial charge in [-0.05, 0) is 42.5 Å². The van der Waals surface area contributed by atoms with E-state index in [1.807, 2.05) is 0 Å². The first-order valence-corrected chi connectivity index (χ1v) is 12.2. The molecule has 0 saturated heterocycles. The summed E-state index contributed by atoms with van der Waals surface area (Å²) in [7, 11) is -4.04. The number of thioether (sulfide) groups is 1. The minimum Gasteiger partial charge on any atom is -0.323 e. The number of benzene rings is 2. The summed E-state index contributed by atoms with van der Waals surface area (Å²) in [6.07, 6.45) is 0.949. The molecule has 1 heterocycles. The number of amides is 1. The van der Waals surface area contributed by atoms with E-state index in [1.165, 1.54) is 24.3 Å². The summed E-state index contributed by atoms with van der Waals surface area (Å²) >= 11 is 7.22. The molecule has 0 aliphatic heterocycles. The van der Waals surface area contributed by atoms with Crippen LogP contribution in [0.5, 0.6) is 0 Å². The first kappa shape index (κ1) is 22.7. The number of sulfone groups is 1. The van der Waals surface area contributed by atoms with E-state index in [2.05, 4.69) is 47.1 Å². The van der Waals surface area contributed by atoms with Crippen molar-refractivity contribution in [3.8, 4) is 0 Å². The molecule has 0 fully saturated rings. The van der Waals surface area contributed by atoms with Gasteiger partial charge in [0.1, 0.15) is 5.82 Å². The SMILES string of the molecule is O=C(CSc1ncc(S(=O)(=O)c2ccc(Br)cc2)c(=O)[nH]1)Nc1ccc(Br)cc1F. The summed E-state index contributed by atoms with van der Waals surface area (Å²) in [4.78, 5) is 30.0. The van der Waals surface area contributed by atoms with Gasteiger partial charge >= 0.3 is 0 Å². The van der Waals surface area contributed by atoms with Gasteiger partial charge in [-0.25, -0.2) is 17.8 Å². The lowest BCUT2D eigenvalue weighted by Gasteiger charge is -2.07. The minimum atomic E-state index is -4.04. The Morgan fingerprint density at radius 3 is 2.43 bits per heavy atom. The first-order valence-electron chi connectivity index (χ1n) is 8.14. The molecule has 0 saturated carbocycles. The Morgan fingerprint density at radius 1 is 1.13 bits per heavy atom. The van der Waals surface area contributed by atoms with Crippen LogP contribution in [0, 0.1) is 5.82 Å². The van der Waals surface area contributed by atoms with E-state index in [4.69, 9.17) is 0 Å². The van der Waals surface area contributed by atoms with Crippen LogP contribution in [0.4, 0.5) is 10.1 Å². The number of carbonyl (C=O) groups excluding carboxylic acids is 1. The van der Waals surface area contributed by atoms with E-state index >= 15 is 0 Å². The molecule has 2 N–H and O–H groups in total. The molecule has 0 aliphatic carbocycles. The smallest absolute Gasteiger partial charge is 0.270 e. The monoisotopic (exact) mass is 575 g/mol. The fourth-order valence-electron chi connectivity index (χ4n) is 2.28. The average Bonchev–Trinajstić information content (AvgIpc) is 2.69. The van der Waals surface area contributed by atoms with Gasteiger partial charge in [0, 0.05) is 8.95 Å². The molecule has 12 heteroatoms. The van der Waals surface area contributed by atoms with Crippen molar-refractivity contribution in [3.63, 3.8) is 0 Å². The number of aromatic amines is 1. The largest absolute Gasteiger partial charge is 0.323 e. The highest BCUT2D eigenvalue weighted by Gasteiger charge is 2.22. The van der Waals surface area contributed by atoms with Gasteiger partial charge in [0.25, 0.3) is 5.56 Å². The van der Waals surface area contributed by atoms with E-state index in [9.17, 15) is 22.4 Å². The van der Waals surface area contributed by atoms with E-state index in [0.29, 0.717) is 8.95 Å². The predicted molar refractivity (Wildman–Crippen MR) is 118 cm³/mol. The average molecular weight is 577 g/mol. The lowest BCUT2D eigenvalue weighted by Crippen LogP contribution is -2.20. The molecule has 0 aliphatic rings. The molecule has 3 rings (SSSR count). The van der Waals surface area contributed by atoms with Gasteiger partial charge in [-0.15, -0.1) is 0 Å². The Morgan fingerprint density at radius 2 is 1.80 bits per heavy atom. The number of hydrogen-bond acceptors (Lipinski definition) is 6. The fraction of sp³-hybridized carbons (Fsp3) is 0.0556. The highest BCUT2D eigenvalue weighted by molar-refractivity contribution is 9.10. The molecule has 2 aromatic carbocycles. The number of carbonyl (C=O) groups is 1. The van der Waals surface area contributed by atoms with Crippen molar-refractivity contribution in [1.29, 1.82) is 0 Å². The van der Waals surface area contributed by atoms with Crippen LogP contribution in [0.2, 0.25) is 0 Å². The van der Waals surface area contributed by atoms with Gasteiger partial charge in [0.05, 0.1) is 22.5 Å². The highest BCUT2D eigenvalue weighted by Crippen LogP contribution is 2.22. The van der Waals surface area contributed by atoms with Crippen molar-refractivity contribution in [1.82, 2.24) is 9.97 Å². The van der Waals surface area contributed by atoms with Crippen LogP contribution in [0.3, 0.4) is 0 Å². The number of nitrogens with zero attached hydrogens (tertiary/aromatic N) is 1. The molecule has 0 unspecified atom stereocenters. The number of hydrogen-bond donors (Lipinski definition) is 2. The van der Waals surface area contributed by atoms with Crippen LogP contribution in [0.1, 0.15) is 0 Å². The third kappa shape index (κ3) is 5.36. The predicted octanol–water partition coefficient (Wildman–Crippen LogP) is 4.00. The number of nitrogens with one attached hydrogen (secondary N) is 2. The van der Waals surface area contributed by atoms with Crippen LogP contribution >= 0.6 is 43.6 Å². The van der Waals surface area contributed by atoms with Crippen molar-refractivity contribution in [2.75, 3.05) is 11.1 Å². The minimum absolute atomic E-state index is 0.0150. The number of rotatable bonds is 6. The topological polar surface area (TPSA) is 109 Å². The van der Waals surface area contributed by atoms with Crippen LogP contribution in [0.25, 0.3) is 0 Å². The second-order valence-electron chi connectivity index (χ2n) is 5.80. The van der Waals surface area contributed by atoms with Gasteiger partial charge in [0.2, 0.25) is 15.7 Å². The fourth-order valence-corrected chi connectivity index (χ4v) is 4.75. The van der Waals surface area contributed by atoms with Crippen molar-refractivity contribution in [3.05, 3.63) is 73.8 Å². The summed E-state index contributed by atoms with van der Waals surface area (Å²) in [5, 5.41) is 2.47. The van der Waals surface area contributed by atoms with Crippen LogP contribution in [0.15, 0.2) is 77.3 Å². The Bertz CT molecular complexity index is 1270. The maximum Gasteiger partial charge on any atom is 0.270 e. The number of aromatic nitrogens is 2. The highest BCUT2D eigenvalue weighted by atomic mass is 79.9. The number of halogens is 3. The normalized spacial score (nSPS) is 11.3. The Kier molecular flexibility index (Phi) is 7.11. The van der Waals surface area contributed by atoms with Gasteiger partial charge in [-0.3, -0.25) is 9.59 Å². The molecule has 1 amide bonds. The zero-order chi connectivity index (χ0) is 21.9. The number of H-pyrrole nitrogens is 1. The van der Waals surface area contributed by atoms with Crippen LogP contribution in [-0.4, -0.2) is 30.0 Å². The zero-order valence-corrected chi connectivity index (χ0v) is 19.7. The lowest BCUT2D eigenvalue weighted by atomic mass is 10.3. The van der Waals surface area contributed by atoms with Gasteiger partial charge in [-0.2, -0.15) is 0 Å². The van der Waals surface area contributed by atoms with Crippen LogP contribution in [-0.2, 0) is 14.6 Å². The summed E-state index contributed by atoms with van der Waals surface area (Å²) in [6.45, 7) is 0. The summed E-state index contributed by atoms with van der Waals surface area (Å²) in [5.41, 5.74) is -0.837. The Balaban J connectivity index is 1.70. The number of anilines is 1. The lowest BCUT2D eigenvalue weighted by molar-refractivity contribution is -0.113. The molecule has 3 aromatic rings. The zero-order valence-electron chi connectivity index (χ0n) is 14.9. The van der Waals surface area contributed by atoms with Crippen molar-refractivity contribution >= 4 is 65.1 Å². The van der Waals surface area contributed by atoms with Crippen molar-refractivity contribution < 1.29 is 17.6 Å². The standard InChI is InChI=1S/C18H12Br2FN3O4S2/c19-10-1-4-12(5-2-10)30(27,28)15-8-22-18(24-17(15)26)29-9-16(25)23-14-6-3-11(20)7-13(14)21/h1-8H,9H2,(H,23,25)(H,22,24,26). The van der Waals surface area contributed by atoms with Crippen molar-refractivity contribution in [2.45, 2.75) is 14.9 Å². The maximum atomic E-state index is 13.8. The molecule has 0 atom stereocenters. The van der Waals surface area contributed by atoms with E-state index in [1.54, 1.807) is 18.2 Å². The summed E-state index contributed by atoms with van der Waals surface area (Å²) in [6, 6.07) is 10.0. The van der Waals surface area contributed by atoms with Crippen LogP contribution < -0.4 is 10.9 Å². The first-order chi connectivity index (χ1) is 14.2. The second kappa shape index (κ2) is 9.41. The molecule has 1 aromatic heterocycles. The third-order valence-electron chi connectivity index (χ3n) is 3.70. The summed E-state index contributed by atoms with van der Waals surface area (Å²) < 4.78 is 40.2. The molecule has 0 radical (unpaired) electrons. The van der Waals surface area contributed by atoms with Gasteiger partial charge in [0.15, 0.2) is 10.1 Å². The molecular weight excluding hydrogens is 565 g/mol. The van der Waals surface area contributed by atoms with Gasteiger partial charge < -0.3 is 10.3 Å². The second-order valence-corrected chi connectivity index (χ2v) is 10.5. The molecular formula is C18H12Br2FN3O4S2. The molecule has 156 valence electrons. The quantitative estimate of drug-likeness (QED) is 0.339. The van der Waals surface area contributed by atoms with Gasteiger partial charge in [-0.1, -0.05) is 43.6 Å². The Hall–Kier alpha value is -2.02.